The molecule has 1 aliphatic heterocycles. The first-order chi connectivity index (χ1) is 13.8. The Labute approximate surface area is 183 Å². The number of rotatable bonds is 11. The number of hydrogen-bond acceptors (Lipinski definition) is 5. The van der Waals surface area contributed by atoms with Crippen molar-refractivity contribution < 1.29 is 23.8 Å². The van der Waals surface area contributed by atoms with Crippen molar-refractivity contribution in [1.82, 2.24) is 10.2 Å². The van der Waals surface area contributed by atoms with Crippen LogP contribution in [-0.2, 0) is 19.0 Å². The van der Waals surface area contributed by atoms with Crippen molar-refractivity contribution in [3.8, 4) is 0 Å². The van der Waals surface area contributed by atoms with Gasteiger partial charge in [0.15, 0.2) is 0 Å². The van der Waals surface area contributed by atoms with Crippen molar-refractivity contribution in [3.63, 3.8) is 0 Å². The van der Waals surface area contributed by atoms with Crippen LogP contribution in [0.3, 0.4) is 0 Å². The maximum Gasteiger partial charge on any atom is 0.410 e. The zero-order chi connectivity index (χ0) is 23.2. The van der Waals surface area contributed by atoms with E-state index in [4.69, 9.17) is 14.2 Å². The van der Waals surface area contributed by atoms with Gasteiger partial charge in [-0.05, 0) is 66.7 Å². The topological polar surface area (TPSA) is 77.1 Å². The third-order valence-corrected chi connectivity index (χ3v) is 6.60. The quantitative estimate of drug-likeness (QED) is 0.531. The zero-order valence-electron chi connectivity index (χ0n) is 20.6. The molecule has 0 saturated carbocycles. The van der Waals surface area contributed by atoms with Crippen LogP contribution in [0, 0.1) is 0 Å². The first-order valence-electron chi connectivity index (χ1n) is 11.2. The van der Waals surface area contributed by atoms with Crippen LogP contribution in [0.2, 0.25) is 0 Å². The number of nitrogens with zero attached hydrogens (tertiary/aromatic N) is 1. The fraction of sp³-hybridized carbons (Fsp3) is 0.913. The molecule has 0 bridgehead atoms. The average molecular weight is 429 g/mol. The van der Waals surface area contributed by atoms with E-state index in [1.54, 1.807) is 19.1 Å². The molecule has 1 N–H and O–H groups in total. The third kappa shape index (κ3) is 7.41. The monoisotopic (exact) mass is 428 g/mol. The van der Waals surface area contributed by atoms with Crippen LogP contribution in [0.5, 0.6) is 0 Å². The molecular formula is C23H44N2O5. The lowest BCUT2D eigenvalue weighted by atomic mass is 9.85. The van der Waals surface area contributed by atoms with Crippen molar-refractivity contribution in [3.05, 3.63) is 0 Å². The van der Waals surface area contributed by atoms with Gasteiger partial charge in [0.1, 0.15) is 11.6 Å². The Kier molecular flexibility index (Phi) is 9.61. The van der Waals surface area contributed by atoms with Gasteiger partial charge in [-0.15, -0.1) is 0 Å². The van der Waals surface area contributed by atoms with Gasteiger partial charge in [-0.1, -0.05) is 13.8 Å². The molecule has 4 unspecified atom stereocenters. The van der Waals surface area contributed by atoms with Crippen LogP contribution >= 0.6 is 0 Å². The molecular weight excluding hydrogens is 384 g/mol. The van der Waals surface area contributed by atoms with E-state index in [9.17, 15) is 9.59 Å². The normalized spacial score (nSPS) is 22.2. The summed E-state index contributed by atoms with van der Waals surface area (Å²) in [5, 5.41) is 3.04. The summed E-state index contributed by atoms with van der Waals surface area (Å²) >= 11 is 0. The molecule has 0 aromatic heterocycles. The fourth-order valence-electron chi connectivity index (χ4n) is 4.10. The van der Waals surface area contributed by atoms with Gasteiger partial charge in [-0.2, -0.15) is 0 Å². The summed E-state index contributed by atoms with van der Waals surface area (Å²) in [6, 6.07) is -0.550. The molecule has 176 valence electrons. The number of nitrogens with one attached hydrogen (secondary N) is 1. The van der Waals surface area contributed by atoms with Crippen LogP contribution in [0.1, 0.15) is 87.0 Å². The lowest BCUT2D eigenvalue weighted by Gasteiger charge is -2.38. The summed E-state index contributed by atoms with van der Waals surface area (Å²) in [5.74, 6) is -0.127. The number of carbonyl (C=O) groups is 2. The summed E-state index contributed by atoms with van der Waals surface area (Å²) in [4.78, 5) is 27.5. The first-order valence-corrected chi connectivity index (χ1v) is 11.2. The molecule has 7 nitrogen and oxygen atoms in total. The smallest absolute Gasteiger partial charge is 0.410 e. The Balaban J connectivity index is 2.80. The van der Waals surface area contributed by atoms with Crippen molar-refractivity contribution in [2.24, 2.45) is 0 Å². The molecule has 1 fully saturated rings. The van der Waals surface area contributed by atoms with E-state index in [0.29, 0.717) is 32.2 Å². The van der Waals surface area contributed by atoms with Crippen molar-refractivity contribution >= 4 is 12.0 Å². The van der Waals surface area contributed by atoms with Crippen LogP contribution in [-0.4, -0.2) is 66.6 Å². The average Bonchev–Trinajstić information content (AvgIpc) is 3.17. The van der Waals surface area contributed by atoms with Gasteiger partial charge in [-0.25, -0.2) is 4.79 Å². The number of amides is 2. The predicted molar refractivity (Wildman–Crippen MR) is 119 cm³/mol. The maximum absolute atomic E-state index is 13.0. The molecule has 0 aliphatic carbocycles. The summed E-state index contributed by atoms with van der Waals surface area (Å²) in [5.41, 5.74) is -1.34. The van der Waals surface area contributed by atoms with Crippen molar-refractivity contribution in [2.45, 2.75) is 116 Å². The van der Waals surface area contributed by atoms with Gasteiger partial charge in [0.25, 0.3) is 0 Å². The van der Waals surface area contributed by atoms with Crippen molar-refractivity contribution in [2.75, 3.05) is 20.8 Å². The molecule has 0 spiro atoms. The van der Waals surface area contributed by atoms with E-state index in [1.807, 2.05) is 41.5 Å². The van der Waals surface area contributed by atoms with Crippen LogP contribution in [0.25, 0.3) is 0 Å². The Bertz CT molecular complexity index is 576. The summed E-state index contributed by atoms with van der Waals surface area (Å²) in [6.07, 6.45) is 3.80. The molecule has 0 radical (unpaired) electrons. The van der Waals surface area contributed by atoms with Crippen molar-refractivity contribution in [1.29, 1.82) is 0 Å². The second-order valence-corrected chi connectivity index (χ2v) is 9.78. The number of methoxy groups -OCH3 is 2. The summed E-state index contributed by atoms with van der Waals surface area (Å²) in [7, 11) is 3.36. The molecule has 1 saturated heterocycles. The lowest BCUT2D eigenvalue weighted by molar-refractivity contribution is -0.127. The van der Waals surface area contributed by atoms with Crippen LogP contribution in [0.15, 0.2) is 0 Å². The minimum atomic E-state index is -0.656. The SMILES string of the molecule is CCC(C)(CC(C)(CC)OC(=O)N1CCCC1C(=O)NC(C)CC(C)(C)OC)OC. The molecule has 0 aromatic carbocycles. The standard InChI is InChI=1S/C23H44N2O5/c1-10-22(6,29-9)16-23(7,11-2)30-20(27)25-14-12-13-18(25)19(26)24-17(3)15-21(4,5)28-8/h17-18H,10-16H2,1-9H3,(H,24,26). The minimum Gasteiger partial charge on any atom is -0.443 e. The van der Waals surface area contributed by atoms with E-state index in [2.05, 4.69) is 12.2 Å². The summed E-state index contributed by atoms with van der Waals surface area (Å²) in [6.45, 7) is 14.5. The molecule has 7 heteroatoms. The Morgan fingerprint density at radius 3 is 2.17 bits per heavy atom. The molecule has 30 heavy (non-hydrogen) atoms. The Morgan fingerprint density at radius 1 is 1.07 bits per heavy atom. The van der Waals surface area contributed by atoms with Gasteiger partial charge in [-0.3, -0.25) is 9.69 Å². The zero-order valence-corrected chi connectivity index (χ0v) is 20.6. The molecule has 2 amide bonds. The van der Waals surface area contributed by atoms with E-state index in [0.717, 1.165) is 12.8 Å². The second kappa shape index (κ2) is 10.8. The molecule has 1 rings (SSSR count). The third-order valence-electron chi connectivity index (χ3n) is 6.60. The molecule has 1 aliphatic rings. The van der Waals surface area contributed by atoms with Gasteiger partial charge in [0.2, 0.25) is 5.91 Å². The fourth-order valence-corrected chi connectivity index (χ4v) is 4.10. The highest BCUT2D eigenvalue weighted by atomic mass is 16.6. The number of ether oxygens (including phenoxy) is 3. The van der Waals surface area contributed by atoms with Crippen LogP contribution in [0.4, 0.5) is 4.79 Å². The first kappa shape index (κ1) is 26.7. The largest absolute Gasteiger partial charge is 0.443 e. The Morgan fingerprint density at radius 2 is 1.67 bits per heavy atom. The number of likely N-dealkylation sites (tertiary alicyclic amines) is 1. The lowest BCUT2D eigenvalue weighted by Crippen LogP contribution is -2.51. The van der Waals surface area contributed by atoms with E-state index in [1.165, 1.54) is 0 Å². The maximum atomic E-state index is 13.0. The highest BCUT2D eigenvalue weighted by molar-refractivity contribution is 5.86. The van der Waals surface area contributed by atoms with Gasteiger partial charge in [0, 0.05) is 33.2 Å². The predicted octanol–water partition coefficient (Wildman–Crippen LogP) is 4.28. The molecule has 4 atom stereocenters. The number of hydrogen-bond donors (Lipinski definition) is 1. The number of carbonyl (C=O) groups excluding carboxylic acids is 2. The van der Waals surface area contributed by atoms with Gasteiger partial charge >= 0.3 is 6.09 Å². The second-order valence-electron chi connectivity index (χ2n) is 9.78. The van der Waals surface area contributed by atoms with E-state index in [-0.39, 0.29) is 23.2 Å². The Hall–Kier alpha value is -1.34. The van der Waals surface area contributed by atoms with E-state index < -0.39 is 17.7 Å². The van der Waals surface area contributed by atoms with Gasteiger partial charge in [0.05, 0.1) is 11.2 Å². The molecule has 0 aromatic rings. The van der Waals surface area contributed by atoms with Gasteiger partial charge < -0.3 is 19.5 Å². The van der Waals surface area contributed by atoms with E-state index >= 15 is 0 Å². The highest BCUT2D eigenvalue weighted by Crippen LogP contribution is 2.33. The highest BCUT2D eigenvalue weighted by Gasteiger charge is 2.41. The van der Waals surface area contributed by atoms with Crippen LogP contribution < -0.4 is 5.32 Å². The minimum absolute atomic E-state index is 0.0567. The molecule has 1 heterocycles. The summed E-state index contributed by atoms with van der Waals surface area (Å²) < 4.78 is 17.1.